The Kier molecular flexibility index (Phi) is 4.55. The van der Waals surface area contributed by atoms with E-state index in [1.54, 1.807) is 0 Å². The second-order valence-corrected chi connectivity index (χ2v) is 5.38. The number of esters is 1. The minimum atomic E-state index is -4.53. The van der Waals surface area contributed by atoms with Crippen LogP contribution in [0, 0.1) is 0 Å². The molecule has 8 heteroatoms. The number of allylic oxidation sites excluding steroid dienone is 3. The van der Waals surface area contributed by atoms with Gasteiger partial charge in [0.1, 0.15) is 6.61 Å². The van der Waals surface area contributed by atoms with Gasteiger partial charge in [-0.05, 0) is 12.5 Å². The van der Waals surface area contributed by atoms with Crippen molar-refractivity contribution < 1.29 is 27.3 Å². The first kappa shape index (κ1) is 15.0. The summed E-state index contributed by atoms with van der Waals surface area (Å²) in [7, 11) is -4.53. The summed E-state index contributed by atoms with van der Waals surface area (Å²) >= 11 is 0. The topological polar surface area (TPSA) is 117 Å². The van der Waals surface area contributed by atoms with E-state index >= 15 is 0 Å². The summed E-state index contributed by atoms with van der Waals surface area (Å²) in [6.07, 6.45) is 4.00. The van der Waals surface area contributed by atoms with Crippen LogP contribution in [-0.2, 0) is 19.6 Å². The normalized spacial score (nSPS) is 18.5. The summed E-state index contributed by atoms with van der Waals surface area (Å²) < 4.78 is 36.5. The molecule has 1 unspecified atom stereocenters. The minimum absolute atomic E-state index is 0.0763. The van der Waals surface area contributed by atoms with E-state index in [1.807, 2.05) is 0 Å². The fourth-order valence-corrected chi connectivity index (χ4v) is 2.42. The van der Waals surface area contributed by atoms with Crippen LogP contribution in [0.4, 0.5) is 0 Å². The smallest absolute Gasteiger partial charge is 0.333 e. The van der Waals surface area contributed by atoms with E-state index in [2.05, 4.69) is 11.4 Å². The number of hydrogen-bond acceptors (Lipinski definition) is 4. The van der Waals surface area contributed by atoms with Crippen molar-refractivity contribution in [2.75, 3.05) is 6.61 Å². The lowest BCUT2D eigenvalue weighted by atomic mass is 10.0. The molecule has 1 aliphatic carbocycles. The van der Waals surface area contributed by atoms with Crippen LogP contribution < -0.4 is 0 Å². The Morgan fingerprint density at radius 1 is 1.63 bits per heavy atom. The molecule has 0 radical (unpaired) electrons. The summed E-state index contributed by atoms with van der Waals surface area (Å²) in [4.78, 5) is 14.0. The third-order valence-electron chi connectivity index (χ3n) is 2.31. The zero-order valence-corrected chi connectivity index (χ0v) is 10.9. The number of hydrogen-bond donors (Lipinski definition) is 1. The van der Waals surface area contributed by atoms with Gasteiger partial charge in [-0.25, -0.2) is 4.79 Å². The molecule has 7 nitrogen and oxygen atoms in total. The Morgan fingerprint density at radius 3 is 2.74 bits per heavy atom. The maximum atomic E-state index is 11.3. The lowest BCUT2D eigenvalue weighted by molar-refractivity contribution is -0.138. The number of ether oxygens (including phenoxy) is 1. The van der Waals surface area contributed by atoms with E-state index in [9.17, 15) is 13.2 Å². The molecule has 1 aliphatic rings. The van der Waals surface area contributed by atoms with Gasteiger partial charge in [-0.3, -0.25) is 4.55 Å². The van der Waals surface area contributed by atoms with E-state index in [4.69, 9.17) is 14.8 Å². The van der Waals surface area contributed by atoms with Crippen molar-refractivity contribution in [1.82, 2.24) is 0 Å². The maximum absolute atomic E-state index is 11.3. The fourth-order valence-electron chi connectivity index (χ4n) is 1.46. The molecule has 102 valence electrons. The molecule has 0 saturated carbocycles. The van der Waals surface area contributed by atoms with Crippen LogP contribution in [0.1, 0.15) is 6.92 Å². The molecule has 0 aromatic carbocycles. The second-order valence-electron chi connectivity index (χ2n) is 3.88. The molecule has 0 amide bonds. The molecule has 0 spiro atoms. The summed E-state index contributed by atoms with van der Waals surface area (Å²) in [5.74, 6) is -0.688. The standard InChI is InChI=1S/C11H12N2O5S/c1-7(2)11(14)18-6-8-4-3-5-9(13-12)10(8)19(15,16)17/h3-5,10H,1,6H2,2H3,(H,15,16,17). The molecule has 1 N–H and O–H groups in total. The highest BCUT2D eigenvalue weighted by Gasteiger charge is 2.38. The van der Waals surface area contributed by atoms with Gasteiger partial charge in [0.2, 0.25) is 5.25 Å². The maximum Gasteiger partial charge on any atom is 0.333 e. The van der Waals surface area contributed by atoms with Gasteiger partial charge in [0.05, 0.1) is 0 Å². The van der Waals surface area contributed by atoms with E-state index in [-0.39, 0.29) is 23.5 Å². The lowest BCUT2D eigenvalue weighted by Crippen LogP contribution is -2.35. The van der Waals surface area contributed by atoms with E-state index in [0.717, 1.165) is 0 Å². The highest BCUT2D eigenvalue weighted by Crippen LogP contribution is 2.18. The first-order chi connectivity index (χ1) is 8.77. The van der Waals surface area contributed by atoms with Crippen LogP contribution in [-0.4, -0.2) is 41.3 Å². The van der Waals surface area contributed by atoms with Gasteiger partial charge in [0, 0.05) is 11.6 Å². The molecule has 0 aliphatic heterocycles. The average molecular weight is 284 g/mol. The SMILES string of the molecule is C=C(C)C(=O)OCC1=CC=CC(=[N+]=[N-])C1S(=O)(=O)O. The average Bonchev–Trinajstić information content (AvgIpc) is 2.33. The quantitative estimate of drug-likeness (QED) is 0.265. The van der Waals surface area contributed by atoms with Gasteiger partial charge >= 0.3 is 11.7 Å². The minimum Gasteiger partial charge on any atom is -0.458 e. The number of rotatable bonds is 4. The molecule has 0 heterocycles. The highest BCUT2D eigenvalue weighted by atomic mass is 32.2. The van der Waals surface area contributed by atoms with Crippen LogP contribution in [0.25, 0.3) is 5.53 Å². The van der Waals surface area contributed by atoms with Crippen molar-refractivity contribution in [2.24, 2.45) is 0 Å². The van der Waals surface area contributed by atoms with Crippen molar-refractivity contribution in [1.29, 1.82) is 0 Å². The van der Waals surface area contributed by atoms with Crippen molar-refractivity contribution in [3.63, 3.8) is 0 Å². The summed E-state index contributed by atoms with van der Waals surface area (Å²) in [5.41, 5.74) is 8.70. The van der Waals surface area contributed by atoms with Crippen LogP contribution in [0.3, 0.4) is 0 Å². The van der Waals surface area contributed by atoms with Crippen molar-refractivity contribution >= 4 is 21.8 Å². The molecular weight excluding hydrogens is 272 g/mol. The van der Waals surface area contributed by atoms with Crippen molar-refractivity contribution in [3.8, 4) is 0 Å². The van der Waals surface area contributed by atoms with Crippen molar-refractivity contribution in [3.05, 3.63) is 41.5 Å². The Hall–Kier alpha value is -2.02. The van der Waals surface area contributed by atoms with E-state index in [1.165, 1.54) is 25.2 Å². The first-order valence-corrected chi connectivity index (χ1v) is 6.65. The van der Waals surface area contributed by atoms with Gasteiger partial charge in [-0.2, -0.15) is 13.2 Å². The molecule has 1 rings (SSSR count). The zero-order chi connectivity index (χ0) is 14.6. The highest BCUT2D eigenvalue weighted by molar-refractivity contribution is 7.87. The van der Waals surface area contributed by atoms with Crippen LogP contribution in [0.5, 0.6) is 0 Å². The fraction of sp³-hybridized carbons (Fsp3) is 0.273. The largest absolute Gasteiger partial charge is 0.458 e. The third-order valence-corrected chi connectivity index (χ3v) is 3.45. The molecule has 1 atom stereocenters. The lowest BCUT2D eigenvalue weighted by Gasteiger charge is -2.15. The molecular formula is C11H12N2O5S. The van der Waals surface area contributed by atoms with E-state index in [0.29, 0.717) is 0 Å². The van der Waals surface area contributed by atoms with E-state index < -0.39 is 21.3 Å². The molecule has 0 bridgehead atoms. The first-order valence-electron chi connectivity index (χ1n) is 5.15. The third kappa shape index (κ3) is 3.72. The predicted molar refractivity (Wildman–Crippen MR) is 67.0 cm³/mol. The molecule has 0 saturated heterocycles. The van der Waals surface area contributed by atoms with Crippen molar-refractivity contribution in [2.45, 2.75) is 12.2 Å². The predicted octanol–water partition coefficient (Wildman–Crippen LogP) is 0.529. The summed E-state index contributed by atoms with van der Waals surface area (Å²) in [5, 5.41) is -1.56. The second kappa shape index (κ2) is 5.75. The Morgan fingerprint density at radius 2 is 2.26 bits per heavy atom. The van der Waals surface area contributed by atoms with Gasteiger partial charge in [0.15, 0.2) is 0 Å². The van der Waals surface area contributed by atoms with Gasteiger partial charge in [0.25, 0.3) is 10.1 Å². The summed E-state index contributed by atoms with van der Waals surface area (Å²) in [6, 6.07) is 0. The van der Waals surface area contributed by atoms with Gasteiger partial charge in [-0.1, -0.05) is 18.7 Å². The number of carbonyl (C=O) groups excluding carboxylic acids is 1. The zero-order valence-electron chi connectivity index (χ0n) is 10.1. The van der Waals surface area contributed by atoms with Gasteiger partial charge in [-0.15, -0.1) is 0 Å². The molecule has 0 aromatic rings. The van der Waals surface area contributed by atoms with Crippen LogP contribution in [0.2, 0.25) is 0 Å². The Labute approximate surface area is 110 Å². The van der Waals surface area contributed by atoms with Gasteiger partial charge < -0.3 is 10.3 Å². The van der Waals surface area contributed by atoms with Crippen LogP contribution in [0.15, 0.2) is 36.0 Å². The molecule has 19 heavy (non-hydrogen) atoms. The Balaban J connectivity index is 3.01. The molecule has 0 fully saturated rings. The monoisotopic (exact) mass is 284 g/mol. The number of nitrogens with zero attached hydrogens (tertiary/aromatic N) is 2. The number of carbonyl (C=O) groups is 1. The van der Waals surface area contributed by atoms with Crippen LogP contribution >= 0.6 is 0 Å². The Bertz CT molecular complexity index is 623. The summed E-state index contributed by atoms with van der Waals surface area (Å²) in [6.45, 7) is 4.46. The molecule has 0 aromatic heterocycles.